The zero-order chi connectivity index (χ0) is 16.4. The van der Waals surface area contributed by atoms with E-state index in [1.54, 1.807) is 17.4 Å². The second-order valence-electron chi connectivity index (χ2n) is 5.63. The van der Waals surface area contributed by atoms with E-state index in [2.05, 4.69) is 11.4 Å². The van der Waals surface area contributed by atoms with Gasteiger partial charge in [0.1, 0.15) is 11.5 Å². The molecule has 0 bridgehead atoms. The van der Waals surface area contributed by atoms with Gasteiger partial charge in [-0.15, -0.1) is 11.3 Å². The van der Waals surface area contributed by atoms with Crippen molar-refractivity contribution < 1.29 is 19.7 Å². The van der Waals surface area contributed by atoms with Crippen LogP contribution in [0, 0.1) is 5.92 Å². The van der Waals surface area contributed by atoms with Crippen molar-refractivity contribution in [3.05, 3.63) is 46.2 Å². The van der Waals surface area contributed by atoms with Crippen LogP contribution in [0.5, 0.6) is 11.5 Å². The van der Waals surface area contributed by atoms with Crippen molar-refractivity contribution in [3.8, 4) is 11.5 Å². The molecule has 2 aromatic rings. The normalized spacial score (nSPS) is 20.8. The maximum absolute atomic E-state index is 12.4. The molecule has 1 heterocycles. The molecular formula is C17H19NO4S. The second kappa shape index (κ2) is 6.60. The predicted octanol–water partition coefficient (Wildman–Crippen LogP) is 2.42. The number of thiophene rings is 1. The number of amides is 1. The van der Waals surface area contributed by atoms with Crippen molar-refractivity contribution in [1.29, 1.82) is 0 Å². The molecule has 1 fully saturated rings. The van der Waals surface area contributed by atoms with Crippen LogP contribution in [0.25, 0.3) is 0 Å². The number of carbonyl (C=O) groups excluding carboxylic acids is 1. The van der Waals surface area contributed by atoms with E-state index in [-0.39, 0.29) is 30.1 Å². The van der Waals surface area contributed by atoms with E-state index in [0.29, 0.717) is 11.3 Å². The van der Waals surface area contributed by atoms with Crippen LogP contribution in [0.3, 0.4) is 0 Å². The largest absolute Gasteiger partial charge is 0.508 e. The standard InChI is InChI=1S/C17H19NO4S/c1-22-15-7-10(20)4-5-11(15)14(9-19)18-17(21)13-8-12(13)16-3-2-6-23-16/h2-7,12-14,19-20H,8-9H2,1H3,(H,18,21)/t12-,13-,14-/m0/s1. The molecule has 1 aliphatic carbocycles. The summed E-state index contributed by atoms with van der Waals surface area (Å²) in [6, 6.07) is 8.12. The number of phenols is 1. The first-order valence-electron chi connectivity index (χ1n) is 7.45. The Balaban J connectivity index is 1.69. The minimum absolute atomic E-state index is 0.0363. The van der Waals surface area contributed by atoms with Crippen molar-refractivity contribution in [2.75, 3.05) is 13.7 Å². The third-order valence-corrected chi connectivity index (χ3v) is 5.13. The number of nitrogens with one attached hydrogen (secondary N) is 1. The van der Waals surface area contributed by atoms with E-state index < -0.39 is 6.04 Å². The lowest BCUT2D eigenvalue weighted by atomic mass is 10.1. The Hall–Kier alpha value is -2.05. The maximum Gasteiger partial charge on any atom is 0.224 e. The average molecular weight is 333 g/mol. The third-order valence-electron chi connectivity index (χ3n) is 4.13. The molecule has 0 unspecified atom stereocenters. The van der Waals surface area contributed by atoms with E-state index in [1.165, 1.54) is 24.1 Å². The lowest BCUT2D eigenvalue weighted by Crippen LogP contribution is -2.32. The molecule has 0 radical (unpaired) electrons. The molecule has 3 atom stereocenters. The predicted molar refractivity (Wildman–Crippen MR) is 87.8 cm³/mol. The minimum atomic E-state index is -0.553. The van der Waals surface area contributed by atoms with E-state index >= 15 is 0 Å². The molecule has 1 saturated carbocycles. The number of carbonyl (C=O) groups is 1. The molecule has 1 aliphatic rings. The van der Waals surface area contributed by atoms with Crippen LogP contribution >= 0.6 is 11.3 Å². The Labute approximate surface area is 138 Å². The van der Waals surface area contributed by atoms with Gasteiger partial charge in [-0.1, -0.05) is 6.07 Å². The van der Waals surface area contributed by atoms with Gasteiger partial charge >= 0.3 is 0 Å². The molecule has 3 N–H and O–H groups in total. The van der Waals surface area contributed by atoms with Gasteiger partial charge in [0.15, 0.2) is 0 Å². The highest BCUT2D eigenvalue weighted by molar-refractivity contribution is 7.10. The Morgan fingerprint density at radius 2 is 2.30 bits per heavy atom. The summed E-state index contributed by atoms with van der Waals surface area (Å²) in [7, 11) is 1.49. The Morgan fingerprint density at radius 1 is 1.48 bits per heavy atom. The Kier molecular flexibility index (Phi) is 4.54. The fraction of sp³-hybridized carbons (Fsp3) is 0.353. The van der Waals surface area contributed by atoms with Crippen molar-refractivity contribution in [3.63, 3.8) is 0 Å². The van der Waals surface area contributed by atoms with Gasteiger partial charge in [0.2, 0.25) is 5.91 Å². The summed E-state index contributed by atoms with van der Waals surface area (Å²) in [4.78, 5) is 13.6. The molecule has 0 spiro atoms. The van der Waals surface area contributed by atoms with Crippen LogP contribution in [-0.2, 0) is 4.79 Å². The van der Waals surface area contributed by atoms with Crippen LogP contribution in [0.4, 0.5) is 0 Å². The molecule has 1 aromatic heterocycles. The van der Waals surface area contributed by atoms with Crippen LogP contribution < -0.4 is 10.1 Å². The van der Waals surface area contributed by atoms with E-state index in [1.807, 2.05) is 11.4 Å². The molecule has 0 aliphatic heterocycles. The van der Waals surface area contributed by atoms with Gasteiger partial charge in [0.05, 0.1) is 19.8 Å². The van der Waals surface area contributed by atoms with Gasteiger partial charge in [-0.25, -0.2) is 0 Å². The van der Waals surface area contributed by atoms with E-state index in [9.17, 15) is 15.0 Å². The molecule has 3 rings (SSSR count). The first-order valence-corrected chi connectivity index (χ1v) is 8.33. The Bertz CT molecular complexity index is 686. The number of phenolic OH excluding ortho intramolecular Hbond substituents is 1. The maximum atomic E-state index is 12.4. The molecule has 23 heavy (non-hydrogen) atoms. The zero-order valence-electron chi connectivity index (χ0n) is 12.7. The lowest BCUT2D eigenvalue weighted by molar-refractivity contribution is -0.123. The van der Waals surface area contributed by atoms with Crippen molar-refractivity contribution in [1.82, 2.24) is 5.32 Å². The van der Waals surface area contributed by atoms with Crippen LogP contribution in [0.1, 0.15) is 28.8 Å². The number of hydrogen-bond donors (Lipinski definition) is 3. The second-order valence-corrected chi connectivity index (χ2v) is 6.61. The zero-order valence-corrected chi connectivity index (χ0v) is 13.5. The molecule has 0 saturated heterocycles. The summed E-state index contributed by atoms with van der Waals surface area (Å²) in [6.45, 7) is -0.233. The molecular weight excluding hydrogens is 314 g/mol. The average Bonchev–Trinajstić information content (AvgIpc) is 3.18. The first kappa shape index (κ1) is 15.8. The topological polar surface area (TPSA) is 78.8 Å². The van der Waals surface area contributed by atoms with Crippen LogP contribution in [-0.4, -0.2) is 29.8 Å². The van der Waals surface area contributed by atoms with Gasteiger partial charge in [0.25, 0.3) is 0 Å². The van der Waals surface area contributed by atoms with Crippen molar-refractivity contribution >= 4 is 17.2 Å². The minimum Gasteiger partial charge on any atom is -0.508 e. The fourth-order valence-corrected chi connectivity index (χ4v) is 3.70. The summed E-state index contributed by atoms with van der Waals surface area (Å²) in [5, 5.41) is 24.1. The monoisotopic (exact) mass is 333 g/mol. The Morgan fingerprint density at radius 3 is 2.96 bits per heavy atom. The van der Waals surface area contributed by atoms with E-state index in [0.717, 1.165) is 6.42 Å². The van der Waals surface area contributed by atoms with E-state index in [4.69, 9.17) is 4.74 Å². The first-order chi connectivity index (χ1) is 11.1. The van der Waals surface area contributed by atoms with Gasteiger partial charge in [0, 0.05) is 28.3 Å². The van der Waals surface area contributed by atoms with Crippen molar-refractivity contribution in [2.24, 2.45) is 5.92 Å². The third kappa shape index (κ3) is 3.33. The summed E-state index contributed by atoms with van der Waals surface area (Å²) < 4.78 is 5.23. The summed E-state index contributed by atoms with van der Waals surface area (Å²) in [5.74, 6) is 0.711. The number of methoxy groups -OCH3 is 1. The van der Waals surface area contributed by atoms with Gasteiger partial charge in [-0.05, 0) is 30.0 Å². The highest BCUT2D eigenvalue weighted by Gasteiger charge is 2.45. The number of benzene rings is 1. The highest BCUT2D eigenvalue weighted by Crippen LogP contribution is 2.49. The molecule has 6 heteroatoms. The van der Waals surface area contributed by atoms with Crippen LogP contribution in [0.15, 0.2) is 35.7 Å². The molecule has 1 aromatic carbocycles. The van der Waals surface area contributed by atoms with Gasteiger partial charge in [-0.3, -0.25) is 4.79 Å². The number of aromatic hydroxyl groups is 1. The van der Waals surface area contributed by atoms with Gasteiger partial charge in [-0.2, -0.15) is 0 Å². The van der Waals surface area contributed by atoms with Crippen LogP contribution in [0.2, 0.25) is 0 Å². The molecule has 5 nitrogen and oxygen atoms in total. The quantitative estimate of drug-likeness (QED) is 0.758. The SMILES string of the molecule is COc1cc(O)ccc1[C@H](CO)NC(=O)[C@H]1C[C@@H]1c1cccs1. The number of rotatable bonds is 6. The molecule has 1 amide bonds. The fourth-order valence-electron chi connectivity index (χ4n) is 2.79. The molecule has 122 valence electrons. The van der Waals surface area contributed by atoms with Crippen molar-refractivity contribution in [2.45, 2.75) is 18.4 Å². The number of aliphatic hydroxyl groups is 1. The van der Waals surface area contributed by atoms with Gasteiger partial charge < -0.3 is 20.3 Å². The smallest absolute Gasteiger partial charge is 0.224 e. The summed E-state index contributed by atoms with van der Waals surface area (Å²) >= 11 is 1.67. The summed E-state index contributed by atoms with van der Waals surface area (Å²) in [6.07, 6.45) is 0.844. The number of hydrogen-bond acceptors (Lipinski definition) is 5. The number of ether oxygens (including phenoxy) is 1. The highest BCUT2D eigenvalue weighted by atomic mass is 32.1. The summed E-state index contributed by atoms with van der Waals surface area (Å²) in [5.41, 5.74) is 0.648. The number of aliphatic hydroxyl groups excluding tert-OH is 1. The lowest BCUT2D eigenvalue weighted by Gasteiger charge is -2.19.